The van der Waals surface area contributed by atoms with Gasteiger partial charge in [-0.2, -0.15) is 0 Å². The van der Waals surface area contributed by atoms with E-state index in [2.05, 4.69) is 69.0 Å². The lowest BCUT2D eigenvalue weighted by Crippen LogP contribution is -2.66. The summed E-state index contributed by atoms with van der Waals surface area (Å²) in [6.45, 7) is -0.424. The summed E-state index contributed by atoms with van der Waals surface area (Å²) in [5, 5.41) is 2.84. The van der Waals surface area contributed by atoms with Gasteiger partial charge in [0.15, 0.2) is 18.5 Å². The van der Waals surface area contributed by atoms with Crippen LogP contribution in [0.1, 0.15) is 41.4 Å². The van der Waals surface area contributed by atoms with Gasteiger partial charge in [-0.1, -0.05) is 63.7 Å². The standard InChI is InChI=1S/C35H27Br4NO9/c1-45-35-28(40-31(41)19-2-10-23(36)11-3-19)30(49-34(44)22-8-16-26(39)17-9-22)29(48-33(43)21-6-14-25(38)15-7-21)27(47-35)18-46-32(42)20-4-12-24(37)13-5-20/h2-17,27-30,35H,18H2,1H3,(H,40,41)/t27-,28-,29+,30-,35-/m1/s1. The van der Waals surface area contributed by atoms with Crippen molar-refractivity contribution < 1.29 is 42.9 Å². The van der Waals surface area contributed by atoms with Crippen molar-refractivity contribution in [3.05, 3.63) is 137 Å². The number of ether oxygens (including phenoxy) is 5. The fraction of sp³-hybridized carbons (Fsp3) is 0.200. The van der Waals surface area contributed by atoms with Crippen molar-refractivity contribution in [2.45, 2.75) is 30.6 Å². The highest BCUT2D eigenvalue weighted by Gasteiger charge is 2.52. The van der Waals surface area contributed by atoms with Gasteiger partial charge >= 0.3 is 17.9 Å². The van der Waals surface area contributed by atoms with Gasteiger partial charge < -0.3 is 29.0 Å². The molecule has 0 aromatic heterocycles. The number of rotatable bonds is 10. The van der Waals surface area contributed by atoms with Crippen LogP contribution in [0, 0.1) is 0 Å². The van der Waals surface area contributed by atoms with E-state index in [1.54, 1.807) is 97.1 Å². The summed E-state index contributed by atoms with van der Waals surface area (Å²) in [5.74, 6) is -2.75. The van der Waals surface area contributed by atoms with Crippen LogP contribution in [-0.4, -0.2) is 68.2 Å². The quantitative estimate of drug-likeness (QED) is 0.127. The first kappa shape index (κ1) is 36.9. The predicted molar refractivity (Wildman–Crippen MR) is 192 cm³/mol. The minimum atomic E-state index is -1.39. The molecular formula is C35H27Br4NO9. The molecule has 10 nitrogen and oxygen atoms in total. The van der Waals surface area contributed by atoms with Crippen molar-refractivity contribution in [3.8, 4) is 0 Å². The molecule has 49 heavy (non-hydrogen) atoms. The number of amides is 1. The van der Waals surface area contributed by atoms with E-state index < -0.39 is 61.1 Å². The molecule has 5 atom stereocenters. The first-order chi connectivity index (χ1) is 23.5. The van der Waals surface area contributed by atoms with Gasteiger partial charge in [0, 0.05) is 30.6 Å². The molecule has 1 N–H and O–H groups in total. The van der Waals surface area contributed by atoms with Crippen LogP contribution in [0.25, 0.3) is 0 Å². The Bertz CT molecular complexity index is 1790. The number of carbonyl (C=O) groups excluding carboxylic acids is 4. The van der Waals surface area contributed by atoms with E-state index in [0.29, 0.717) is 5.56 Å². The first-order valence-electron chi connectivity index (χ1n) is 14.6. The highest BCUT2D eigenvalue weighted by atomic mass is 79.9. The van der Waals surface area contributed by atoms with Crippen LogP contribution in [0.3, 0.4) is 0 Å². The van der Waals surface area contributed by atoms with E-state index in [1.807, 2.05) is 0 Å². The maximum Gasteiger partial charge on any atom is 0.338 e. The molecule has 1 saturated heterocycles. The highest BCUT2D eigenvalue weighted by Crippen LogP contribution is 2.30. The van der Waals surface area contributed by atoms with E-state index in [9.17, 15) is 19.2 Å². The molecule has 0 saturated carbocycles. The Morgan fingerprint density at radius 1 is 0.592 bits per heavy atom. The molecule has 1 amide bonds. The zero-order valence-electron chi connectivity index (χ0n) is 25.5. The third-order valence-electron chi connectivity index (χ3n) is 7.39. The molecular weight excluding hydrogens is 898 g/mol. The summed E-state index contributed by atoms with van der Waals surface area (Å²) in [5.41, 5.74) is 0.947. The molecule has 14 heteroatoms. The van der Waals surface area contributed by atoms with E-state index in [0.717, 1.165) is 17.9 Å². The number of benzene rings is 4. The second kappa shape index (κ2) is 17.0. The van der Waals surface area contributed by atoms with Crippen LogP contribution < -0.4 is 5.32 Å². The third-order valence-corrected chi connectivity index (χ3v) is 9.50. The van der Waals surface area contributed by atoms with Gasteiger partial charge in [0.2, 0.25) is 0 Å². The Balaban J connectivity index is 1.51. The molecule has 1 fully saturated rings. The van der Waals surface area contributed by atoms with E-state index in [1.165, 1.54) is 7.11 Å². The lowest BCUT2D eigenvalue weighted by molar-refractivity contribution is -0.260. The van der Waals surface area contributed by atoms with Gasteiger partial charge in [0.25, 0.3) is 5.91 Å². The van der Waals surface area contributed by atoms with E-state index in [4.69, 9.17) is 23.7 Å². The topological polar surface area (TPSA) is 126 Å². The number of halogens is 4. The summed E-state index contributed by atoms with van der Waals surface area (Å²) >= 11 is 13.4. The number of hydrogen-bond donors (Lipinski definition) is 1. The fourth-order valence-electron chi connectivity index (χ4n) is 4.89. The summed E-state index contributed by atoms with van der Waals surface area (Å²) in [6, 6.07) is 24.8. The number of methoxy groups -OCH3 is 1. The van der Waals surface area contributed by atoms with Crippen molar-refractivity contribution in [1.82, 2.24) is 5.32 Å². The van der Waals surface area contributed by atoms with Crippen LogP contribution >= 0.6 is 63.7 Å². The van der Waals surface area contributed by atoms with Crippen molar-refractivity contribution in [3.63, 3.8) is 0 Å². The minimum absolute atomic E-state index is 0.191. The molecule has 254 valence electrons. The van der Waals surface area contributed by atoms with Crippen LogP contribution in [-0.2, 0) is 23.7 Å². The van der Waals surface area contributed by atoms with Crippen LogP contribution in [0.5, 0.6) is 0 Å². The summed E-state index contributed by atoms with van der Waals surface area (Å²) in [6.07, 6.45) is -5.21. The molecule has 1 aliphatic rings. The van der Waals surface area contributed by atoms with Crippen molar-refractivity contribution in [1.29, 1.82) is 0 Å². The smallest absolute Gasteiger partial charge is 0.338 e. The van der Waals surface area contributed by atoms with Gasteiger partial charge in [0.1, 0.15) is 18.8 Å². The van der Waals surface area contributed by atoms with Gasteiger partial charge in [-0.05, 0) is 97.1 Å². The predicted octanol–water partition coefficient (Wildman–Crippen LogP) is 7.51. The van der Waals surface area contributed by atoms with Gasteiger partial charge in [-0.25, -0.2) is 14.4 Å². The molecule has 5 rings (SSSR count). The molecule has 4 aromatic carbocycles. The molecule has 0 aliphatic carbocycles. The molecule has 0 unspecified atom stereocenters. The Labute approximate surface area is 315 Å². The van der Waals surface area contributed by atoms with E-state index in [-0.39, 0.29) is 16.7 Å². The first-order valence-corrected chi connectivity index (χ1v) is 17.8. The monoisotopic (exact) mass is 921 g/mol. The number of nitrogens with one attached hydrogen (secondary N) is 1. The van der Waals surface area contributed by atoms with Crippen molar-refractivity contribution in [2.75, 3.05) is 13.7 Å². The zero-order chi connectivity index (χ0) is 35.1. The lowest BCUT2D eigenvalue weighted by Gasteiger charge is -2.44. The SMILES string of the molecule is CO[C@@H]1O[C@H](COC(=O)c2ccc(Br)cc2)[C@H](OC(=O)c2ccc(Br)cc2)[C@H](OC(=O)c2ccc(Br)cc2)[C@H]1NC(=O)c1ccc(Br)cc1. The zero-order valence-corrected chi connectivity index (χ0v) is 31.9. The van der Waals surface area contributed by atoms with E-state index >= 15 is 0 Å². The summed E-state index contributed by atoms with van der Waals surface area (Å²) in [4.78, 5) is 53.7. The Morgan fingerprint density at radius 2 is 0.980 bits per heavy atom. The fourth-order valence-corrected chi connectivity index (χ4v) is 5.95. The second-order valence-electron chi connectivity index (χ2n) is 10.6. The maximum atomic E-state index is 13.6. The Hall–Kier alpha value is -3.40. The average Bonchev–Trinajstić information content (AvgIpc) is 3.10. The maximum absolute atomic E-state index is 13.6. The van der Waals surface area contributed by atoms with Gasteiger partial charge in [-0.3, -0.25) is 4.79 Å². The number of carbonyl (C=O) groups is 4. The van der Waals surface area contributed by atoms with Gasteiger partial charge in [-0.15, -0.1) is 0 Å². The highest BCUT2D eigenvalue weighted by molar-refractivity contribution is 9.11. The molecule has 0 spiro atoms. The molecule has 1 heterocycles. The molecule has 1 aliphatic heterocycles. The van der Waals surface area contributed by atoms with Crippen LogP contribution in [0.4, 0.5) is 0 Å². The Kier molecular flexibility index (Phi) is 12.8. The summed E-state index contributed by atoms with van der Waals surface area (Å²) in [7, 11) is 1.34. The van der Waals surface area contributed by atoms with Crippen LogP contribution in [0.15, 0.2) is 115 Å². The molecule has 4 aromatic rings. The molecule has 0 bridgehead atoms. The summed E-state index contributed by atoms with van der Waals surface area (Å²) < 4.78 is 32.5. The van der Waals surface area contributed by atoms with Crippen LogP contribution in [0.2, 0.25) is 0 Å². The minimum Gasteiger partial charge on any atom is -0.459 e. The van der Waals surface area contributed by atoms with Gasteiger partial charge in [0.05, 0.1) is 16.7 Å². The molecule has 0 radical (unpaired) electrons. The van der Waals surface area contributed by atoms with Crippen molar-refractivity contribution in [2.24, 2.45) is 0 Å². The largest absolute Gasteiger partial charge is 0.459 e. The Morgan fingerprint density at radius 3 is 1.41 bits per heavy atom. The number of hydrogen-bond acceptors (Lipinski definition) is 9. The normalized spacial score (nSPS) is 20.1. The number of esters is 3. The second-order valence-corrected chi connectivity index (χ2v) is 14.3. The van der Waals surface area contributed by atoms with Crippen molar-refractivity contribution >= 4 is 87.5 Å². The lowest BCUT2D eigenvalue weighted by atomic mass is 9.95. The average molecular weight is 925 g/mol. The third kappa shape index (κ3) is 9.65.